The van der Waals surface area contributed by atoms with Gasteiger partial charge in [0.1, 0.15) is 10.7 Å². The van der Waals surface area contributed by atoms with Crippen molar-refractivity contribution in [1.82, 2.24) is 19.7 Å². The van der Waals surface area contributed by atoms with Crippen LogP contribution in [0.4, 0.5) is 0 Å². The standard InChI is InChI=1S/C22H27N5OS/c1-14(2)19(23)21-24-17(13-29-21)22(28)27-11-9-16-18(10-12-27)26(3)25-20(16)15-7-5-4-6-8-15/h4-8,13-14,19H,9-12,23H2,1-3H3/t19-/m0/s1. The third-order valence-electron chi connectivity index (χ3n) is 5.60. The highest BCUT2D eigenvalue weighted by Crippen LogP contribution is 2.29. The zero-order valence-electron chi connectivity index (χ0n) is 17.1. The molecular weight excluding hydrogens is 382 g/mol. The minimum absolute atomic E-state index is 0.00881. The first-order valence-electron chi connectivity index (χ1n) is 10.1. The van der Waals surface area contributed by atoms with Crippen LogP contribution in [0.5, 0.6) is 0 Å². The number of amides is 1. The Morgan fingerprint density at radius 3 is 2.62 bits per heavy atom. The number of benzene rings is 1. The van der Waals surface area contributed by atoms with Crippen LogP contribution < -0.4 is 5.73 Å². The number of nitrogens with zero attached hydrogens (tertiary/aromatic N) is 4. The van der Waals surface area contributed by atoms with Crippen molar-refractivity contribution in [3.05, 3.63) is 57.7 Å². The maximum Gasteiger partial charge on any atom is 0.273 e. The fraction of sp³-hybridized carbons (Fsp3) is 0.409. The molecule has 1 amide bonds. The molecule has 0 bridgehead atoms. The van der Waals surface area contributed by atoms with Gasteiger partial charge in [-0.25, -0.2) is 4.98 Å². The van der Waals surface area contributed by atoms with Crippen LogP contribution in [-0.4, -0.2) is 38.7 Å². The molecule has 0 saturated heterocycles. The van der Waals surface area contributed by atoms with Gasteiger partial charge in [0.2, 0.25) is 0 Å². The van der Waals surface area contributed by atoms with Gasteiger partial charge in [0.05, 0.1) is 11.7 Å². The largest absolute Gasteiger partial charge is 0.337 e. The van der Waals surface area contributed by atoms with Crippen molar-refractivity contribution in [2.24, 2.45) is 18.7 Å². The quantitative estimate of drug-likeness (QED) is 0.716. The van der Waals surface area contributed by atoms with Gasteiger partial charge < -0.3 is 10.6 Å². The maximum atomic E-state index is 13.1. The summed E-state index contributed by atoms with van der Waals surface area (Å²) in [6, 6.07) is 10.1. The van der Waals surface area contributed by atoms with Crippen LogP contribution in [-0.2, 0) is 19.9 Å². The Balaban J connectivity index is 1.54. The molecule has 1 atom stereocenters. The molecule has 3 aromatic rings. The fourth-order valence-electron chi connectivity index (χ4n) is 3.79. The van der Waals surface area contributed by atoms with E-state index in [-0.39, 0.29) is 11.9 Å². The summed E-state index contributed by atoms with van der Waals surface area (Å²) < 4.78 is 1.97. The first kappa shape index (κ1) is 19.8. The molecule has 1 aromatic carbocycles. The normalized spacial score (nSPS) is 15.3. The van der Waals surface area contributed by atoms with Gasteiger partial charge >= 0.3 is 0 Å². The first-order chi connectivity index (χ1) is 14.0. The number of carbonyl (C=O) groups excluding carboxylic acids is 1. The molecule has 4 rings (SSSR count). The minimum atomic E-state index is -0.130. The fourth-order valence-corrected chi connectivity index (χ4v) is 4.76. The number of nitrogens with two attached hydrogens (primary N) is 1. The van der Waals surface area contributed by atoms with Gasteiger partial charge in [0.15, 0.2) is 0 Å². The van der Waals surface area contributed by atoms with Crippen LogP contribution in [0.25, 0.3) is 11.3 Å². The van der Waals surface area contributed by atoms with Crippen molar-refractivity contribution in [2.75, 3.05) is 13.1 Å². The van der Waals surface area contributed by atoms with Gasteiger partial charge in [-0.15, -0.1) is 11.3 Å². The summed E-state index contributed by atoms with van der Waals surface area (Å²) in [5, 5.41) is 7.43. The summed E-state index contributed by atoms with van der Waals surface area (Å²) >= 11 is 1.48. The molecule has 0 saturated carbocycles. The van der Waals surface area contributed by atoms with Crippen LogP contribution in [0.3, 0.4) is 0 Å². The number of rotatable bonds is 4. The Labute approximate surface area is 175 Å². The van der Waals surface area contributed by atoms with E-state index in [2.05, 4.69) is 31.0 Å². The summed E-state index contributed by atoms with van der Waals surface area (Å²) in [4.78, 5) is 19.5. The van der Waals surface area contributed by atoms with Crippen LogP contribution in [0.1, 0.15) is 46.6 Å². The number of aryl methyl sites for hydroxylation is 1. The molecule has 1 aliphatic rings. The lowest BCUT2D eigenvalue weighted by atomic mass is 10.0. The number of thiazole rings is 1. The smallest absolute Gasteiger partial charge is 0.273 e. The first-order valence-corrected chi connectivity index (χ1v) is 10.9. The van der Waals surface area contributed by atoms with E-state index in [1.54, 1.807) is 0 Å². The van der Waals surface area contributed by atoms with Crippen molar-refractivity contribution < 1.29 is 4.79 Å². The molecular formula is C22H27N5OS. The average molecular weight is 410 g/mol. The summed E-state index contributed by atoms with van der Waals surface area (Å²) in [7, 11) is 1.99. The number of aromatic nitrogens is 3. The molecule has 0 aliphatic carbocycles. The van der Waals surface area contributed by atoms with Gasteiger partial charge in [-0.2, -0.15) is 5.10 Å². The highest BCUT2D eigenvalue weighted by atomic mass is 32.1. The molecule has 0 unspecified atom stereocenters. The van der Waals surface area contributed by atoms with E-state index in [0.29, 0.717) is 24.7 Å². The monoisotopic (exact) mass is 409 g/mol. The topological polar surface area (TPSA) is 77.0 Å². The van der Waals surface area contributed by atoms with Crippen LogP contribution in [0, 0.1) is 5.92 Å². The van der Waals surface area contributed by atoms with Crippen molar-refractivity contribution in [3.63, 3.8) is 0 Å². The van der Waals surface area contributed by atoms with Crippen LogP contribution in [0.15, 0.2) is 35.7 Å². The van der Waals surface area contributed by atoms with E-state index in [1.165, 1.54) is 22.6 Å². The summed E-state index contributed by atoms with van der Waals surface area (Å²) in [6.07, 6.45) is 1.58. The molecule has 0 fully saturated rings. The van der Waals surface area contributed by atoms with Gasteiger partial charge in [0, 0.05) is 48.8 Å². The third-order valence-corrected chi connectivity index (χ3v) is 6.55. The Morgan fingerprint density at radius 1 is 1.17 bits per heavy atom. The molecule has 6 nitrogen and oxygen atoms in total. The van der Waals surface area contributed by atoms with Crippen molar-refractivity contribution in [3.8, 4) is 11.3 Å². The SMILES string of the molecule is CC(C)[C@H](N)c1nc(C(=O)N2CCc3c(-c4ccccc4)nn(C)c3CC2)cs1. The lowest BCUT2D eigenvalue weighted by Crippen LogP contribution is -2.33. The molecule has 2 aromatic heterocycles. The van der Waals surface area contributed by atoms with Crippen molar-refractivity contribution >= 4 is 17.2 Å². The predicted octanol–water partition coefficient (Wildman–Crippen LogP) is 3.44. The Hall–Kier alpha value is -2.51. The minimum Gasteiger partial charge on any atom is -0.337 e. The van der Waals surface area contributed by atoms with E-state index in [9.17, 15) is 4.79 Å². The second kappa shape index (κ2) is 8.08. The van der Waals surface area contributed by atoms with Crippen molar-refractivity contribution in [2.45, 2.75) is 32.7 Å². The molecule has 7 heteroatoms. The Kier molecular flexibility index (Phi) is 5.52. The maximum absolute atomic E-state index is 13.1. The van der Waals surface area contributed by atoms with E-state index < -0.39 is 0 Å². The van der Waals surface area contributed by atoms with Crippen molar-refractivity contribution in [1.29, 1.82) is 0 Å². The van der Waals surface area contributed by atoms with E-state index in [1.807, 2.05) is 40.2 Å². The Morgan fingerprint density at radius 2 is 1.90 bits per heavy atom. The molecule has 0 spiro atoms. The zero-order valence-corrected chi connectivity index (χ0v) is 17.9. The van der Waals surface area contributed by atoms with Crippen LogP contribution in [0.2, 0.25) is 0 Å². The molecule has 3 heterocycles. The number of hydrogen-bond donors (Lipinski definition) is 1. The Bertz CT molecular complexity index is 1010. The summed E-state index contributed by atoms with van der Waals surface area (Å²) in [5.41, 5.74) is 11.3. The predicted molar refractivity (Wildman–Crippen MR) is 116 cm³/mol. The summed E-state index contributed by atoms with van der Waals surface area (Å²) in [5.74, 6) is 0.283. The van der Waals surface area contributed by atoms with Gasteiger partial charge in [-0.1, -0.05) is 44.2 Å². The second-order valence-electron chi connectivity index (χ2n) is 7.90. The molecule has 0 radical (unpaired) electrons. The van der Waals surface area contributed by atoms with Gasteiger partial charge in [-0.05, 0) is 12.3 Å². The molecule has 152 valence electrons. The number of hydrogen-bond acceptors (Lipinski definition) is 5. The van der Waals surface area contributed by atoms with Gasteiger partial charge in [-0.3, -0.25) is 9.48 Å². The highest BCUT2D eigenvalue weighted by Gasteiger charge is 2.26. The van der Waals surface area contributed by atoms with E-state index >= 15 is 0 Å². The summed E-state index contributed by atoms with van der Waals surface area (Å²) in [6.45, 7) is 5.47. The average Bonchev–Trinajstić information content (AvgIpc) is 3.26. The molecule has 1 aliphatic heterocycles. The lowest BCUT2D eigenvalue weighted by Gasteiger charge is -2.19. The zero-order chi connectivity index (χ0) is 20.5. The third kappa shape index (κ3) is 3.84. The second-order valence-corrected chi connectivity index (χ2v) is 8.79. The van der Waals surface area contributed by atoms with Crippen LogP contribution >= 0.6 is 11.3 Å². The number of carbonyl (C=O) groups is 1. The molecule has 29 heavy (non-hydrogen) atoms. The lowest BCUT2D eigenvalue weighted by molar-refractivity contribution is 0.0757. The van der Waals surface area contributed by atoms with Gasteiger partial charge in [0.25, 0.3) is 5.91 Å². The molecule has 2 N–H and O–H groups in total. The highest BCUT2D eigenvalue weighted by molar-refractivity contribution is 7.09. The van der Waals surface area contributed by atoms with E-state index in [4.69, 9.17) is 10.8 Å². The van der Waals surface area contributed by atoms with E-state index in [0.717, 1.165) is 29.1 Å². The number of fused-ring (bicyclic) bond motifs is 1.